The van der Waals surface area contributed by atoms with E-state index < -0.39 is 22.0 Å². The van der Waals surface area contributed by atoms with E-state index >= 15 is 0 Å². The zero-order valence-corrected chi connectivity index (χ0v) is 17.5. The Morgan fingerprint density at radius 3 is 2.57 bits per heavy atom. The number of carbonyl (C=O) groups is 1. The molecule has 158 valence electrons. The predicted molar refractivity (Wildman–Crippen MR) is 109 cm³/mol. The molecule has 1 N–H and O–H groups in total. The summed E-state index contributed by atoms with van der Waals surface area (Å²) >= 11 is 0. The fourth-order valence-electron chi connectivity index (χ4n) is 2.81. The van der Waals surface area contributed by atoms with Gasteiger partial charge in [0.15, 0.2) is 0 Å². The molecule has 0 saturated carbocycles. The van der Waals surface area contributed by atoms with Crippen LogP contribution >= 0.6 is 0 Å². The molecular weight excluding hydrogens is 410 g/mol. The molecule has 1 atom stereocenters. The minimum atomic E-state index is -3.93. The Bertz CT molecular complexity index is 1240. The zero-order valence-electron chi connectivity index (χ0n) is 16.7. The van der Waals surface area contributed by atoms with E-state index in [1.54, 1.807) is 25.1 Å². The number of nitrogens with zero attached hydrogens (tertiary/aromatic N) is 2. The SMILES string of the molecule is COc1ccc(S(=O)(=O)N[C@@H](C)C(=O)OCc2cc(=O)n3c(C)cccc3n2)cc1. The Kier molecular flexibility index (Phi) is 6.18. The maximum atomic E-state index is 12.4. The van der Waals surface area contributed by atoms with Crippen LogP contribution in [-0.4, -0.2) is 36.9 Å². The minimum Gasteiger partial charge on any atom is -0.497 e. The van der Waals surface area contributed by atoms with Crippen molar-refractivity contribution in [3.8, 4) is 5.75 Å². The lowest BCUT2D eigenvalue weighted by Crippen LogP contribution is -2.39. The number of sulfonamides is 1. The fraction of sp³-hybridized carbons (Fsp3) is 0.250. The summed E-state index contributed by atoms with van der Waals surface area (Å²) in [5, 5.41) is 0. The number of benzene rings is 1. The molecule has 30 heavy (non-hydrogen) atoms. The highest BCUT2D eigenvalue weighted by Crippen LogP contribution is 2.16. The minimum absolute atomic E-state index is 0.0115. The second-order valence-electron chi connectivity index (χ2n) is 6.57. The summed E-state index contributed by atoms with van der Waals surface area (Å²) < 4.78 is 38.7. The lowest BCUT2D eigenvalue weighted by Gasteiger charge is -2.14. The second kappa shape index (κ2) is 8.64. The van der Waals surface area contributed by atoms with Crippen LogP contribution in [0.4, 0.5) is 0 Å². The van der Waals surface area contributed by atoms with Gasteiger partial charge in [0.05, 0.1) is 17.7 Å². The predicted octanol–water partition coefficient (Wildman–Crippen LogP) is 1.42. The number of esters is 1. The topological polar surface area (TPSA) is 116 Å². The van der Waals surface area contributed by atoms with E-state index in [4.69, 9.17) is 9.47 Å². The quantitative estimate of drug-likeness (QED) is 0.563. The summed E-state index contributed by atoms with van der Waals surface area (Å²) in [6.45, 7) is 2.90. The van der Waals surface area contributed by atoms with Gasteiger partial charge in [-0.1, -0.05) is 6.07 Å². The standard InChI is InChI=1S/C20H21N3O6S/c1-13-5-4-6-18-21-15(11-19(24)23(13)18)12-29-20(25)14(2)22-30(26,27)17-9-7-16(28-3)8-10-17/h4-11,14,22H,12H2,1-3H3/t14-/m0/s1. The van der Waals surface area contributed by atoms with E-state index in [2.05, 4.69) is 9.71 Å². The molecule has 9 nitrogen and oxygen atoms in total. The summed E-state index contributed by atoms with van der Waals surface area (Å²) in [5.41, 5.74) is 1.14. The Morgan fingerprint density at radius 2 is 1.90 bits per heavy atom. The summed E-state index contributed by atoms with van der Waals surface area (Å²) in [7, 11) is -2.46. The normalized spacial score (nSPS) is 12.5. The van der Waals surface area contributed by atoms with Crippen molar-refractivity contribution < 1.29 is 22.7 Å². The first-order chi connectivity index (χ1) is 14.2. The lowest BCUT2D eigenvalue weighted by molar-refractivity contribution is -0.146. The molecule has 0 unspecified atom stereocenters. The largest absolute Gasteiger partial charge is 0.497 e. The number of rotatable bonds is 7. The van der Waals surface area contributed by atoms with E-state index in [0.717, 1.165) is 5.69 Å². The van der Waals surface area contributed by atoms with Crippen LogP contribution in [0.2, 0.25) is 0 Å². The Hall–Kier alpha value is -3.24. The van der Waals surface area contributed by atoms with E-state index in [1.165, 1.54) is 48.8 Å². The highest BCUT2D eigenvalue weighted by molar-refractivity contribution is 7.89. The number of pyridine rings is 1. The van der Waals surface area contributed by atoms with Crippen LogP contribution in [0.3, 0.4) is 0 Å². The third-order valence-electron chi connectivity index (χ3n) is 4.35. The number of nitrogens with one attached hydrogen (secondary N) is 1. The molecule has 0 saturated heterocycles. The Labute approximate surface area is 173 Å². The van der Waals surface area contributed by atoms with E-state index in [0.29, 0.717) is 11.4 Å². The van der Waals surface area contributed by atoms with Crippen molar-refractivity contribution in [1.82, 2.24) is 14.1 Å². The summed E-state index contributed by atoms with van der Waals surface area (Å²) in [6, 6.07) is 11.1. The monoisotopic (exact) mass is 431 g/mol. The van der Waals surface area contributed by atoms with Crippen molar-refractivity contribution in [2.45, 2.75) is 31.4 Å². The van der Waals surface area contributed by atoms with Crippen LogP contribution in [0.5, 0.6) is 5.75 Å². The van der Waals surface area contributed by atoms with E-state index in [9.17, 15) is 18.0 Å². The molecule has 0 amide bonds. The van der Waals surface area contributed by atoms with Gasteiger partial charge >= 0.3 is 5.97 Å². The van der Waals surface area contributed by atoms with Crippen molar-refractivity contribution >= 4 is 21.6 Å². The average molecular weight is 431 g/mol. The van der Waals surface area contributed by atoms with Crippen molar-refractivity contribution in [2.24, 2.45) is 0 Å². The number of methoxy groups -OCH3 is 1. The van der Waals surface area contributed by atoms with Gasteiger partial charge < -0.3 is 9.47 Å². The first-order valence-electron chi connectivity index (χ1n) is 9.02. The van der Waals surface area contributed by atoms with Gasteiger partial charge in [-0.15, -0.1) is 0 Å². The van der Waals surface area contributed by atoms with Crippen LogP contribution in [-0.2, 0) is 26.2 Å². The van der Waals surface area contributed by atoms with E-state index in [1.807, 2.05) is 0 Å². The number of carbonyl (C=O) groups excluding carboxylic acids is 1. The molecule has 1 aromatic carbocycles. The van der Waals surface area contributed by atoms with Gasteiger partial charge in [0, 0.05) is 11.8 Å². The average Bonchev–Trinajstić information content (AvgIpc) is 2.71. The van der Waals surface area contributed by atoms with Crippen molar-refractivity contribution in [2.75, 3.05) is 7.11 Å². The van der Waals surface area contributed by atoms with Gasteiger partial charge in [-0.25, -0.2) is 13.4 Å². The maximum Gasteiger partial charge on any atom is 0.324 e. The molecule has 3 rings (SSSR count). The zero-order chi connectivity index (χ0) is 21.9. The summed E-state index contributed by atoms with van der Waals surface area (Å²) in [6.07, 6.45) is 0. The van der Waals surface area contributed by atoms with Crippen molar-refractivity contribution in [1.29, 1.82) is 0 Å². The van der Waals surface area contributed by atoms with Crippen LogP contribution < -0.4 is 15.0 Å². The molecule has 2 aromatic heterocycles. The first kappa shape index (κ1) is 21.5. The number of aryl methyl sites for hydroxylation is 1. The fourth-order valence-corrected chi connectivity index (χ4v) is 4.00. The number of aromatic nitrogens is 2. The summed E-state index contributed by atoms with van der Waals surface area (Å²) in [4.78, 5) is 28.8. The van der Waals surface area contributed by atoms with Gasteiger partial charge in [-0.3, -0.25) is 14.0 Å². The maximum absolute atomic E-state index is 12.4. The highest BCUT2D eigenvalue weighted by atomic mass is 32.2. The van der Waals surface area contributed by atoms with Crippen LogP contribution in [0.1, 0.15) is 18.3 Å². The van der Waals surface area contributed by atoms with Crippen LogP contribution in [0.25, 0.3) is 5.65 Å². The molecule has 0 aliphatic rings. The number of hydrogen-bond acceptors (Lipinski definition) is 7. The van der Waals surface area contributed by atoms with E-state index in [-0.39, 0.29) is 22.8 Å². The Balaban J connectivity index is 1.67. The number of hydrogen-bond donors (Lipinski definition) is 1. The third kappa shape index (κ3) is 4.66. The van der Waals surface area contributed by atoms with Gasteiger partial charge in [-0.05, 0) is 50.2 Å². The molecule has 10 heteroatoms. The number of fused-ring (bicyclic) bond motifs is 1. The first-order valence-corrected chi connectivity index (χ1v) is 10.5. The molecule has 0 radical (unpaired) electrons. The molecule has 0 aliphatic carbocycles. The molecule has 0 aliphatic heterocycles. The summed E-state index contributed by atoms with van der Waals surface area (Å²) in [5.74, 6) is -0.284. The van der Waals surface area contributed by atoms with Crippen molar-refractivity contribution in [3.63, 3.8) is 0 Å². The highest BCUT2D eigenvalue weighted by Gasteiger charge is 2.23. The molecule has 0 fully saturated rings. The smallest absolute Gasteiger partial charge is 0.324 e. The Morgan fingerprint density at radius 1 is 1.20 bits per heavy atom. The van der Waals surface area contributed by atoms with Gasteiger partial charge in [-0.2, -0.15) is 4.72 Å². The molecule has 3 aromatic rings. The molecule has 0 bridgehead atoms. The van der Waals surface area contributed by atoms with Crippen molar-refractivity contribution in [3.05, 3.63) is 70.3 Å². The third-order valence-corrected chi connectivity index (χ3v) is 5.91. The molecule has 2 heterocycles. The van der Waals surface area contributed by atoms with Gasteiger partial charge in [0.25, 0.3) is 5.56 Å². The molecular formula is C20H21N3O6S. The van der Waals surface area contributed by atoms with Crippen LogP contribution in [0.15, 0.2) is 58.2 Å². The van der Waals surface area contributed by atoms with Gasteiger partial charge in [0.1, 0.15) is 24.0 Å². The lowest BCUT2D eigenvalue weighted by atomic mass is 10.3. The van der Waals surface area contributed by atoms with Crippen LogP contribution in [0, 0.1) is 6.92 Å². The number of ether oxygens (including phenoxy) is 2. The van der Waals surface area contributed by atoms with Gasteiger partial charge in [0.2, 0.25) is 10.0 Å². The molecule has 0 spiro atoms. The second-order valence-corrected chi connectivity index (χ2v) is 8.29.